The number of fused-ring (bicyclic) bond motifs is 1. The van der Waals surface area contributed by atoms with E-state index in [2.05, 4.69) is 5.32 Å². The van der Waals surface area contributed by atoms with Gasteiger partial charge in [0.2, 0.25) is 5.91 Å². The molecule has 0 unspecified atom stereocenters. The summed E-state index contributed by atoms with van der Waals surface area (Å²) in [5.74, 6) is 0.133. The average Bonchev–Trinajstić information content (AvgIpc) is 2.60. The lowest BCUT2D eigenvalue weighted by atomic mass is 10.1. The number of carbonyl (C=O) groups is 1. The van der Waals surface area contributed by atoms with E-state index in [-0.39, 0.29) is 11.5 Å². The van der Waals surface area contributed by atoms with Crippen LogP contribution in [0, 0.1) is 5.92 Å². The second-order valence-electron chi connectivity index (χ2n) is 6.69. The molecule has 0 bridgehead atoms. The molecular formula is C19H27N3O3. The molecule has 0 spiro atoms. The summed E-state index contributed by atoms with van der Waals surface area (Å²) >= 11 is 0. The largest absolute Gasteiger partial charge is 0.354 e. The Morgan fingerprint density at radius 1 is 1.16 bits per heavy atom. The van der Waals surface area contributed by atoms with Gasteiger partial charge in [-0.1, -0.05) is 39.8 Å². The maximum Gasteiger partial charge on any atom is 0.332 e. The molecule has 0 saturated carbocycles. The zero-order valence-corrected chi connectivity index (χ0v) is 15.4. The van der Waals surface area contributed by atoms with E-state index < -0.39 is 11.7 Å². The Bertz CT molecular complexity index is 864. The van der Waals surface area contributed by atoms with Crippen LogP contribution in [0.5, 0.6) is 0 Å². The third kappa shape index (κ3) is 3.83. The third-order valence-electron chi connectivity index (χ3n) is 4.21. The van der Waals surface area contributed by atoms with Gasteiger partial charge in [0.15, 0.2) is 0 Å². The van der Waals surface area contributed by atoms with Gasteiger partial charge in [-0.05, 0) is 30.9 Å². The molecule has 2 rings (SSSR count). The summed E-state index contributed by atoms with van der Waals surface area (Å²) in [7, 11) is 0. The van der Waals surface area contributed by atoms with E-state index in [0.717, 1.165) is 0 Å². The zero-order valence-electron chi connectivity index (χ0n) is 15.4. The number of amides is 1. The molecular weight excluding hydrogens is 318 g/mol. The standard InChI is InChI=1S/C19H27N3O3/c1-5-11-21-18(24)14-9-7-8-10-16(14)22(19(21)25)15(6-2)17(23)20-12-13(3)4/h7-10,13,15H,5-6,11-12H2,1-4H3,(H,20,23)/t15-/m0/s1. The van der Waals surface area contributed by atoms with Crippen molar-refractivity contribution in [3.05, 3.63) is 45.1 Å². The molecule has 0 aliphatic rings. The lowest BCUT2D eigenvalue weighted by molar-refractivity contribution is -0.124. The molecule has 1 aromatic heterocycles. The molecule has 1 N–H and O–H groups in total. The van der Waals surface area contributed by atoms with E-state index in [0.29, 0.717) is 42.8 Å². The highest BCUT2D eigenvalue weighted by Gasteiger charge is 2.24. The van der Waals surface area contributed by atoms with E-state index in [1.807, 2.05) is 27.7 Å². The van der Waals surface area contributed by atoms with E-state index in [1.165, 1.54) is 9.13 Å². The first-order chi connectivity index (χ1) is 11.9. The van der Waals surface area contributed by atoms with Crippen LogP contribution in [0.1, 0.15) is 46.6 Å². The molecule has 0 saturated heterocycles. The van der Waals surface area contributed by atoms with Crippen LogP contribution >= 0.6 is 0 Å². The topological polar surface area (TPSA) is 73.1 Å². The maximum atomic E-state index is 13.0. The normalized spacial score (nSPS) is 12.5. The van der Waals surface area contributed by atoms with Gasteiger partial charge in [-0.15, -0.1) is 0 Å². The van der Waals surface area contributed by atoms with Gasteiger partial charge in [0.1, 0.15) is 6.04 Å². The number of carbonyl (C=O) groups excluding carboxylic acids is 1. The van der Waals surface area contributed by atoms with Gasteiger partial charge in [0.25, 0.3) is 5.56 Å². The quantitative estimate of drug-likeness (QED) is 0.837. The summed E-state index contributed by atoms with van der Waals surface area (Å²) in [6, 6.07) is 6.35. The molecule has 25 heavy (non-hydrogen) atoms. The van der Waals surface area contributed by atoms with Crippen molar-refractivity contribution in [2.75, 3.05) is 6.54 Å². The first-order valence-electron chi connectivity index (χ1n) is 8.94. The zero-order chi connectivity index (χ0) is 18.6. The highest BCUT2D eigenvalue weighted by molar-refractivity contribution is 5.84. The minimum absolute atomic E-state index is 0.190. The van der Waals surface area contributed by atoms with Gasteiger partial charge >= 0.3 is 5.69 Å². The minimum atomic E-state index is -0.639. The van der Waals surface area contributed by atoms with E-state index >= 15 is 0 Å². The summed E-state index contributed by atoms with van der Waals surface area (Å²) in [6.45, 7) is 8.71. The number of hydrogen-bond acceptors (Lipinski definition) is 3. The van der Waals surface area contributed by atoms with Crippen LogP contribution in [0.4, 0.5) is 0 Å². The Morgan fingerprint density at radius 2 is 1.84 bits per heavy atom. The average molecular weight is 345 g/mol. The minimum Gasteiger partial charge on any atom is -0.354 e. The molecule has 0 aliphatic carbocycles. The van der Waals surface area contributed by atoms with Crippen molar-refractivity contribution >= 4 is 16.8 Å². The monoisotopic (exact) mass is 345 g/mol. The lowest BCUT2D eigenvalue weighted by Gasteiger charge is -2.22. The van der Waals surface area contributed by atoms with Gasteiger partial charge in [0.05, 0.1) is 10.9 Å². The van der Waals surface area contributed by atoms with Crippen molar-refractivity contribution in [1.29, 1.82) is 0 Å². The first-order valence-corrected chi connectivity index (χ1v) is 8.94. The van der Waals surface area contributed by atoms with Crippen LogP contribution in [0.3, 0.4) is 0 Å². The van der Waals surface area contributed by atoms with Crippen molar-refractivity contribution in [3.8, 4) is 0 Å². The molecule has 1 atom stereocenters. The fraction of sp³-hybridized carbons (Fsp3) is 0.526. The van der Waals surface area contributed by atoms with Crippen molar-refractivity contribution in [1.82, 2.24) is 14.5 Å². The molecule has 0 fully saturated rings. The Kier molecular flexibility index (Phi) is 6.17. The predicted octanol–water partition coefficient (Wildman–Crippen LogP) is 2.30. The highest BCUT2D eigenvalue weighted by atomic mass is 16.2. The highest BCUT2D eigenvalue weighted by Crippen LogP contribution is 2.16. The van der Waals surface area contributed by atoms with Crippen LogP contribution in [0.25, 0.3) is 10.9 Å². The molecule has 6 nitrogen and oxygen atoms in total. The van der Waals surface area contributed by atoms with Crippen LogP contribution in [0.2, 0.25) is 0 Å². The number of nitrogens with one attached hydrogen (secondary N) is 1. The number of rotatable bonds is 7. The molecule has 1 heterocycles. The lowest BCUT2D eigenvalue weighted by Crippen LogP contribution is -2.45. The van der Waals surface area contributed by atoms with Gasteiger partial charge in [-0.3, -0.25) is 18.7 Å². The van der Waals surface area contributed by atoms with Gasteiger partial charge < -0.3 is 5.32 Å². The SMILES string of the molecule is CCCn1c(=O)c2ccccc2n([C@@H](CC)C(=O)NCC(C)C)c1=O. The third-order valence-corrected chi connectivity index (χ3v) is 4.21. The first kappa shape index (κ1) is 19.0. The maximum absolute atomic E-state index is 13.0. The molecule has 1 aromatic carbocycles. The molecule has 0 aliphatic heterocycles. The summed E-state index contributed by atoms with van der Waals surface area (Å²) in [5.41, 5.74) is -0.204. The second-order valence-corrected chi connectivity index (χ2v) is 6.69. The summed E-state index contributed by atoms with van der Waals surface area (Å²) < 4.78 is 2.71. The van der Waals surface area contributed by atoms with Crippen LogP contribution in [0.15, 0.2) is 33.9 Å². The molecule has 2 aromatic rings. The van der Waals surface area contributed by atoms with Crippen molar-refractivity contribution in [3.63, 3.8) is 0 Å². The second kappa shape index (κ2) is 8.14. The number of benzene rings is 1. The molecule has 136 valence electrons. The van der Waals surface area contributed by atoms with Crippen LogP contribution < -0.4 is 16.6 Å². The van der Waals surface area contributed by atoms with Crippen LogP contribution in [-0.4, -0.2) is 21.6 Å². The number of nitrogens with zero attached hydrogens (tertiary/aromatic N) is 2. The number of para-hydroxylation sites is 1. The Labute approximate surface area is 147 Å². The van der Waals surface area contributed by atoms with Gasteiger partial charge in [-0.25, -0.2) is 4.79 Å². The summed E-state index contributed by atoms with van der Waals surface area (Å²) in [4.78, 5) is 38.3. The Balaban J connectivity index is 2.67. The Hall–Kier alpha value is -2.37. The molecule has 1 amide bonds. The van der Waals surface area contributed by atoms with Crippen molar-refractivity contribution in [2.24, 2.45) is 5.92 Å². The molecule has 6 heteroatoms. The summed E-state index contributed by atoms with van der Waals surface area (Å²) in [5, 5.41) is 3.37. The predicted molar refractivity (Wildman–Crippen MR) is 99.9 cm³/mol. The van der Waals surface area contributed by atoms with Crippen molar-refractivity contribution < 1.29 is 4.79 Å². The smallest absolute Gasteiger partial charge is 0.332 e. The van der Waals surface area contributed by atoms with Gasteiger partial charge in [-0.2, -0.15) is 0 Å². The van der Waals surface area contributed by atoms with E-state index in [1.54, 1.807) is 24.3 Å². The van der Waals surface area contributed by atoms with Gasteiger partial charge in [0, 0.05) is 13.1 Å². The summed E-state index contributed by atoms with van der Waals surface area (Å²) in [6.07, 6.45) is 1.14. The van der Waals surface area contributed by atoms with E-state index in [9.17, 15) is 14.4 Å². The number of aromatic nitrogens is 2. The number of hydrogen-bond donors (Lipinski definition) is 1. The fourth-order valence-corrected chi connectivity index (χ4v) is 2.96. The molecule has 0 radical (unpaired) electrons. The van der Waals surface area contributed by atoms with Crippen LogP contribution in [-0.2, 0) is 11.3 Å². The Morgan fingerprint density at radius 3 is 2.44 bits per heavy atom. The van der Waals surface area contributed by atoms with Crippen molar-refractivity contribution in [2.45, 2.75) is 53.1 Å². The fourth-order valence-electron chi connectivity index (χ4n) is 2.96. The van der Waals surface area contributed by atoms with E-state index in [4.69, 9.17) is 0 Å².